The maximum Gasteiger partial charge on any atom is 0.253 e. The number of anilines is 1. The molecular formula is C13H18N6O. The van der Waals surface area contributed by atoms with Crippen LogP contribution >= 0.6 is 0 Å². The molecule has 0 aliphatic rings. The second-order valence-electron chi connectivity index (χ2n) is 4.56. The molecule has 1 heterocycles. The van der Waals surface area contributed by atoms with Crippen molar-refractivity contribution >= 4 is 11.6 Å². The average molecular weight is 274 g/mol. The van der Waals surface area contributed by atoms with Gasteiger partial charge in [0.15, 0.2) is 0 Å². The number of nitrogens with zero attached hydrogens (tertiary/aromatic N) is 3. The fraction of sp³-hybridized carbons (Fsp3) is 0.308. The highest BCUT2D eigenvalue weighted by atomic mass is 16.1. The highest BCUT2D eigenvalue weighted by Gasteiger charge is 2.11. The van der Waals surface area contributed by atoms with Gasteiger partial charge in [0, 0.05) is 20.0 Å². The molecule has 0 aliphatic carbocycles. The lowest BCUT2D eigenvalue weighted by Crippen LogP contribution is -2.27. The molecule has 7 nitrogen and oxygen atoms in total. The van der Waals surface area contributed by atoms with E-state index in [0.717, 1.165) is 11.4 Å². The first-order valence-electron chi connectivity index (χ1n) is 6.30. The summed E-state index contributed by atoms with van der Waals surface area (Å²) < 4.78 is 1.83. The quantitative estimate of drug-likeness (QED) is 0.541. The van der Waals surface area contributed by atoms with Crippen LogP contribution in [0.5, 0.6) is 0 Å². The molecule has 7 heteroatoms. The van der Waals surface area contributed by atoms with Crippen molar-refractivity contribution < 1.29 is 4.79 Å². The first-order chi connectivity index (χ1) is 9.61. The Hall–Kier alpha value is -2.41. The van der Waals surface area contributed by atoms with Gasteiger partial charge in [-0.3, -0.25) is 10.6 Å². The van der Waals surface area contributed by atoms with Gasteiger partial charge in [0.25, 0.3) is 5.91 Å². The van der Waals surface area contributed by atoms with Gasteiger partial charge >= 0.3 is 0 Å². The van der Waals surface area contributed by atoms with Crippen molar-refractivity contribution in [2.45, 2.75) is 13.3 Å². The van der Waals surface area contributed by atoms with Gasteiger partial charge in [-0.25, -0.2) is 0 Å². The molecule has 1 amide bonds. The van der Waals surface area contributed by atoms with Gasteiger partial charge in [0.2, 0.25) is 0 Å². The molecule has 0 aliphatic heterocycles. The third-order valence-corrected chi connectivity index (χ3v) is 3.01. The van der Waals surface area contributed by atoms with Crippen LogP contribution in [0.1, 0.15) is 21.7 Å². The molecule has 2 rings (SSSR count). The maximum absolute atomic E-state index is 12.1. The van der Waals surface area contributed by atoms with E-state index in [4.69, 9.17) is 5.84 Å². The number of benzene rings is 1. The Morgan fingerprint density at radius 1 is 1.45 bits per heavy atom. The van der Waals surface area contributed by atoms with E-state index in [0.29, 0.717) is 24.2 Å². The minimum atomic E-state index is -0.163. The molecule has 0 saturated heterocycles. The molecule has 2 aromatic rings. The SMILES string of the molecule is Cc1ccc(NN)c(C(=O)NCCc2nncn2C)c1. The first-order valence-corrected chi connectivity index (χ1v) is 6.30. The molecule has 1 aromatic carbocycles. The van der Waals surface area contributed by atoms with Crippen LogP contribution in [-0.4, -0.2) is 27.2 Å². The van der Waals surface area contributed by atoms with Crippen LogP contribution in [-0.2, 0) is 13.5 Å². The number of hydrogen-bond acceptors (Lipinski definition) is 5. The summed E-state index contributed by atoms with van der Waals surface area (Å²) in [7, 11) is 1.87. The maximum atomic E-state index is 12.1. The highest BCUT2D eigenvalue weighted by molar-refractivity contribution is 5.99. The van der Waals surface area contributed by atoms with Crippen molar-refractivity contribution in [3.63, 3.8) is 0 Å². The third-order valence-electron chi connectivity index (χ3n) is 3.01. The Morgan fingerprint density at radius 2 is 2.25 bits per heavy atom. The van der Waals surface area contributed by atoms with Crippen molar-refractivity contribution in [3.05, 3.63) is 41.5 Å². The number of carbonyl (C=O) groups is 1. The van der Waals surface area contributed by atoms with Crippen LogP contribution in [0.2, 0.25) is 0 Å². The number of nitrogen functional groups attached to an aromatic ring is 1. The van der Waals surface area contributed by atoms with Crippen molar-refractivity contribution in [3.8, 4) is 0 Å². The summed E-state index contributed by atoms with van der Waals surface area (Å²) >= 11 is 0. The van der Waals surface area contributed by atoms with Gasteiger partial charge in [0.05, 0.1) is 11.3 Å². The van der Waals surface area contributed by atoms with E-state index in [9.17, 15) is 4.79 Å². The van der Waals surface area contributed by atoms with Gasteiger partial charge in [0.1, 0.15) is 12.2 Å². The minimum absolute atomic E-state index is 0.163. The second-order valence-corrected chi connectivity index (χ2v) is 4.56. The molecular weight excluding hydrogens is 256 g/mol. The van der Waals surface area contributed by atoms with E-state index < -0.39 is 0 Å². The molecule has 0 fully saturated rings. The lowest BCUT2D eigenvalue weighted by Gasteiger charge is -2.10. The van der Waals surface area contributed by atoms with Crippen molar-refractivity contribution in [1.29, 1.82) is 0 Å². The number of hydrogen-bond donors (Lipinski definition) is 3. The molecule has 1 aromatic heterocycles. The molecule has 0 atom stereocenters. The highest BCUT2D eigenvalue weighted by Crippen LogP contribution is 2.16. The molecule has 0 spiro atoms. The van der Waals surface area contributed by atoms with E-state index in [-0.39, 0.29) is 5.91 Å². The zero-order valence-electron chi connectivity index (χ0n) is 11.6. The Bertz CT molecular complexity index is 607. The van der Waals surface area contributed by atoms with Gasteiger partial charge in [-0.05, 0) is 19.1 Å². The normalized spacial score (nSPS) is 10.3. The Kier molecular flexibility index (Phi) is 4.31. The topological polar surface area (TPSA) is 97.9 Å². The summed E-state index contributed by atoms with van der Waals surface area (Å²) in [5.74, 6) is 6.08. The van der Waals surface area contributed by atoms with E-state index in [1.807, 2.05) is 24.6 Å². The number of hydrazine groups is 1. The van der Waals surface area contributed by atoms with Gasteiger partial charge < -0.3 is 15.3 Å². The molecule has 0 radical (unpaired) electrons. The van der Waals surface area contributed by atoms with Gasteiger partial charge in [-0.2, -0.15) is 0 Å². The van der Waals surface area contributed by atoms with E-state index in [1.54, 1.807) is 18.5 Å². The first kappa shape index (κ1) is 14.0. The summed E-state index contributed by atoms with van der Waals surface area (Å²) in [6.07, 6.45) is 2.26. The van der Waals surface area contributed by atoms with Crippen molar-refractivity contribution in [2.75, 3.05) is 12.0 Å². The number of amides is 1. The third kappa shape index (κ3) is 3.12. The smallest absolute Gasteiger partial charge is 0.253 e. The fourth-order valence-electron chi connectivity index (χ4n) is 1.89. The Balaban J connectivity index is 1.98. The number of carbonyl (C=O) groups excluding carboxylic acids is 1. The van der Waals surface area contributed by atoms with Crippen LogP contribution in [0.3, 0.4) is 0 Å². The standard InChI is InChI=1S/C13H18N6O/c1-9-3-4-11(17-14)10(7-9)13(20)15-6-5-12-18-16-8-19(12)2/h3-4,7-8,17H,5-6,14H2,1-2H3,(H,15,20). The number of aryl methyl sites for hydroxylation is 2. The van der Waals surface area contributed by atoms with Crippen LogP contribution in [0, 0.1) is 6.92 Å². The fourth-order valence-corrected chi connectivity index (χ4v) is 1.89. The van der Waals surface area contributed by atoms with E-state index >= 15 is 0 Å². The molecule has 20 heavy (non-hydrogen) atoms. The number of aromatic nitrogens is 3. The molecule has 0 saturated carbocycles. The Morgan fingerprint density at radius 3 is 2.90 bits per heavy atom. The van der Waals surface area contributed by atoms with E-state index in [1.165, 1.54) is 0 Å². The zero-order valence-corrected chi connectivity index (χ0v) is 11.6. The van der Waals surface area contributed by atoms with E-state index in [2.05, 4.69) is 20.9 Å². The van der Waals surface area contributed by atoms with Crippen molar-refractivity contribution in [2.24, 2.45) is 12.9 Å². The van der Waals surface area contributed by atoms with Gasteiger partial charge in [-0.1, -0.05) is 11.6 Å². The Labute approximate surface area is 117 Å². The lowest BCUT2D eigenvalue weighted by molar-refractivity contribution is 0.0954. The molecule has 106 valence electrons. The molecule has 4 N–H and O–H groups in total. The average Bonchev–Trinajstić information content (AvgIpc) is 2.84. The number of nitrogens with two attached hydrogens (primary N) is 1. The van der Waals surface area contributed by atoms with Crippen molar-refractivity contribution in [1.82, 2.24) is 20.1 Å². The number of nitrogens with one attached hydrogen (secondary N) is 2. The number of rotatable bonds is 5. The largest absolute Gasteiger partial charge is 0.352 e. The molecule has 0 bridgehead atoms. The summed E-state index contributed by atoms with van der Waals surface area (Å²) in [4.78, 5) is 12.1. The zero-order chi connectivity index (χ0) is 14.5. The summed E-state index contributed by atoms with van der Waals surface area (Å²) in [5, 5.41) is 10.6. The van der Waals surface area contributed by atoms with Gasteiger partial charge in [-0.15, -0.1) is 10.2 Å². The summed E-state index contributed by atoms with van der Waals surface area (Å²) in [6, 6.07) is 5.48. The summed E-state index contributed by atoms with van der Waals surface area (Å²) in [5.41, 5.74) is 4.67. The van der Waals surface area contributed by atoms with Crippen LogP contribution < -0.4 is 16.6 Å². The summed E-state index contributed by atoms with van der Waals surface area (Å²) in [6.45, 7) is 2.42. The molecule has 0 unspecified atom stereocenters. The minimum Gasteiger partial charge on any atom is -0.352 e. The van der Waals surface area contributed by atoms with Crippen LogP contribution in [0.25, 0.3) is 0 Å². The second kappa shape index (κ2) is 6.16. The van der Waals surface area contributed by atoms with Crippen LogP contribution in [0.15, 0.2) is 24.5 Å². The monoisotopic (exact) mass is 274 g/mol. The predicted molar refractivity (Wildman–Crippen MR) is 76.0 cm³/mol. The predicted octanol–water partition coefficient (Wildman–Crippen LogP) is 0.382. The van der Waals surface area contributed by atoms with Crippen LogP contribution in [0.4, 0.5) is 5.69 Å². The lowest BCUT2D eigenvalue weighted by atomic mass is 10.1.